The quantitative estimate of drug-likeness (QED) is 0.848. The number of nitrogens with two attached hydrogens (primary N) is 1. The Labute approximate surface area is 134 Å². The fourth-order valence-electron chi connectivity index (χ4n) is 2.16. The van der Waals surface area contributed by atoms with Gasteiger partial charge in [-0.25, -0.2) is 4.98 Å². The van der Waals surface area contributed by atoms with Crippen LogP contribution in [0.4, 0.5) is 10.8 Å². The number of aryl methyl sites for hydroxylation is 1. The summed E-state index contributed by atoms with van der Waals surface area (Å²) in [6, 6.07) is 0. The molecule has 0 fully saturated rings. The van der Waals surface area contributed by atoms with E-state index in [-0.39, 0.29) is 0 Å². The molecule has 0 unspecified atom stereocenters. The minimum Gasteiger partial charge on any atom is -0.382 e. The van der Waals surface area contributed by atoms with Crippen molar-refractivity contribution < 1.29 is 0 Å². The van der Waals surface area contributed by atoms with Crippen LogP contribution in [-0.2, 0) is 0 Å². The van der Waals surface area contributed by atoms with E-state index in [4.69, 9.17) is 5.73 Å². The summed E-state index contributed by atoms with van der Waals surface area (Å²) in [7, 11) is 4.20. The van der Waals surface area contributed by atoms with E-state index in [0.717, 1.165) is 47.3 Å². The predicted molar refractivity (Wildman–Crippen MR) is 93.4 cm³/mol. The predicted octanol–water partition coefficient (Wildman–Crippen LogP) is 2.94. The minimum absolute atomic E-state index is 0.593. The van der Waals surface area contributed by atoms with Gasteiger partial charge in [-0.1, -0.05) is 0 Å². The molecule has 7 heteroatoms. The number of nitrogen functional groups attached to an aromatic ring is 1. The monoisotopic (exact) mass is 325 g/mol. The summed E-state index contributed by atoms with van der Waals surface area (Å²) >= 11 is 3.11. The molecule has 0 radical (unpaired) electrons. The highest BCUT2D eigenvalue weighted by molar-refractivity contribution is 7.15. The molecule has 5 nitrogen and oxygen atoms in total. The van der Waals surface area contributed by atoms with Crippen molar-refractivity contribution in [1.29, 1.82) is 0 Å². The van der Waals surface area contributed by atoms with E-state index < -0.39 is 0 Å². The summed E-state index contributed by atoms with van der Waals surface area (Å²) in [5, 5.41) is 4.17. The first-order chi connectivity index (χ1) is 10.0. The van der Waals surface area contributed by atoms with Crippen LogP contribution in [0.2, 0.25) is 0 Å². The summed E-state index contributed by atoms with van der Waals surface area (Å²) in [5.41, 5.74) is 8.12. The Balaban J connectivity index is 2.22. The zero-order valence-electron chi connectivity index (χ0n) is 13.1. The smallest absolute Gasteiger partial charge is 0.149 e. The summed E-state index contributed by atoms with van der Waals surface area (Å²) < 4.78 is 4.35. The third-order valence-corrected chi connectivity index (χ3v) is 5.14. The Bertz CT molecular complexity index is 576. The van der Waals surface area contributed by atoms with E-state index >= 15 is 0 Å². The van der Waals surface area contributed by atoms with E-state index in [2.05, 4.69) is 45.6 Å². The van der Waals surface area contributed by atoms with Crippen LogP contribution in [0.15, 0.2) is 5.38 Å². The van der Waals surface area contributed by atoms with E-state index in [1.165, 1.54) is 11.5 Å². The van der Waals surface area contributed by atoms with Crippen LogP contribution in [0.25, 0.3) is 10.6 Å². The minimum atomic E-state index is 0.593. The molecule has 0 aliphatic heterocycles. The highest BCUT2D eigenvalue weighted by Gasteiger charge is 2.20. The van der Waals surface area contributed by atoms with E-state index in [1.54, 1.807) is 11.3 Å². The largest absolute Gasteiger partial charge is 0.382 e. The van der Waals surface area contributed by atoms with Gasteiger partial charge in [0.2, 0.25) is 0 Å². The molecule has 0 aromatic carbocycles. The van der Waals surface area contributed by atoms with Crippen molar-refractivity contribution in [2.75, 3.05) is 44.4 Å². The number of hydrogen-bond acceptors (Lipinski definition) is 7. The Morgan fingerprint density at radius 1 is 1.29 bits per heavy atom. The first kappa shape index (κ1) is 16.2. The Hall–Kier alpha value is -1.18. The number of nitrogens with zero attached hydrogens (tertiary/aromatic N) is 4. The highest BCUT2D eigenvalue weighted by Crippen LogP contribution is 2.40. The van der Waals surface area contributed by atoms with Crippen molar-refractivity contribution >= 4 is 33.7 Å². The topological polar surface area (TPSA) is 58.3 Å². The number of rotatable bonds is 7. The SMILES string of the molecule is CCN(CCCN(C)C)c1snc(N)c1-c1nc(C)cs1. The van der Waals surface area contributed by atoms with Crippen LogP contribution in [0, 0.1) is 6.92 Å². The molecule has 0 atom stereocenters. The molecule has 0 amide bonds. The molecular formula is C14H23N5S2. The Morgan fingerprint density at radius 2 is 2.05 bits per heavy atom. The molecule has 0 bridgehead atoms. The lowest BCUT2D eigenvalue weighted by Gasteiger charge is -2.22. The molecule has 0 aliphatic rings. The third kappa shape index (κ3) is 3.93. The van der Waals surface area contributed by atoms with Crippen LogP contribution < -0.4 is 10.6 Å². The second-order valence-electron chi connectivity index (χ2n) is 5.28. The average Bonchev–Trinajstić information content (AvgIpc) is 3.00. The molecule has 0 saturated carbocycles. The van der Waals surface area contributed by atoms with Gasteiger partial charge in [0.1, 0.15) is 15.8 Å². The van der Waals surface area contributed by atoms with E-state index in [9.17, 15) is 0 Å². The van der Waals surface area contributed by atoms with Crippen molar-refractivity contribution in [3.63, 3.8) is 0 Å². The third-order valence-electron chi connectivity index (χ3n) is 3.24. The lowest BCUT2D eigenvalue weighted by atomic mass is 10.3. The number of anilines is 2. The van der Waals surface area contributed by atoms with Gasteiger partial charge < -0.3 is 15.5 Å². The number of thiazole rings is 1. The summed E-state index contributed by atoms with van der Waals surface area (Å²) in [6.07, 6.45) is 1.12. The summed E-state index contributed by atoms with van der Waals surface area (Å²) in [6.45, 7) is 7.21. The van der Waals surface area contributed by atoms with Gasteiger partial charge in [0, 0.05) is 24.2 Å². The maximum Gasteiger partial charge on any atom is 0.149 e. The molecular weight excluding hydrogens is 302 g/mol. The zero-order chi connectivity index (χ0) is 15.4. The Morgan fingerprint density at radius 3 is 2.62 bits per heavy atom. The highest BCUT2D eigenvalue weighted by atomic mass is 32.1. The van der Waals surface area contributed by atoms with Crippen LogP contribution in [0.3, 0.4) is 0 Å². The fourth-order valence-corrected chi connectivity index (χ4v) is 3.98. The molecule has 0 saturated heterocycles. The normalized spacial score (nSPS) is 11.3. The van der Waals surface area contributed by atoms with Crippen molar-refractivity contribution in [2.45, 2.75) is 20.3 Å². The lowest BCUT2D eigenvalue weighted by Crippen LogP contribution is -2.26. The van der Waals surface area contributed by atoms with Crippen molar-refractivity contribution in [3.05, 3.63) is 11.1 Å². The molecule has 2 aromatic rings. The molecule has 0 spiro atoms. The first-order valence-corrected chi connectivity index (χ1v) is 8.75. The van der Waals surface area contributed by atoms with Crippen LogP contribution in [0.1, 0.15) is 19.0 Å². The fraction of sp³-hybridized carbons (Fsp3) is 0.571. The average molecular weight is 326 g/mol. The molecule has 2 heterocycles. The molecule has 0 aliphatic carbocycles. The van der Waals surface area contributed by atoms with Crippen molar-refractivity contribution in [3.8, 4) is 10.6 Å². The lowest BCUT2D eigenvalue weighted by molar-refractivity contribution is 0.401. The molecule has 2 rings (SSSR count). The van der Waals surface area contributed by atoms with Gasteiger partial charge >= 0.3 is 0 Å². The Kier molecular flexibility index (Phi) is 5.55. The van der Waals surface area contributed by atoms with Gasteiger partial charge in [0.25, 0.3) is 0 Å². The maximum atomic E-state index is 6.08. The van der Waals surface area contributed by atoms with Gasteiger partial charge in [-0.05, 0) is 52.4 Å². The van der Waals surface area contributed by atoms with Crippen LogP contribution in [-0.4, -0.2) is 48.0 Å². The molecule has 2 aromatic heterocycles. The summed E-state index contributed by atoms with van der Waals surface area (Å²) in [4.78, 5) is 9.13. The number of hydrogen-bond donors (Lipinski definition) is 1. The van der Waals surface area contributed by atoms with E-state index in [0.29, 0.717) is 5.82 Å². The van der Waals surface area contributed by atoms with E-state index in [1.807, 2.05) is 6.92 Å². The second kappa shape index (κ2) is 7.20. The number of aromatic nitrogens is 2. The summed E-state index contributed by atoms with van der Waals surface area (Å²) in [5.74, 6) is 0.593. The first-order valence-electron chi connectivity index (χ1n) is 7.10. The second-order valence-corrected chi connectivity index (χ2v) is 6.89. The van der Waals surface area contributed by atoms with Gasteiger partial charge in [0.05, 0.1) is 5.56 Å². The van der Waals surface area contributed by atoms with Crippen molar-refractivity contribution in [1.82, 2.24) is 14.3 Å². The maximum absolute atomic E-state index is 6.08. The zero-order valence-corrected chi connectivity index (χ0v) is 14.7. The van der Waals surface area contributed by atoms with Gasteiger partial charge in [-0.2, -0.15) is 4.37 Å². The van der Waals surface area contributed by atoms with Gasteiger partial charge in [0.15, 0.2) is 0 Å². The standard InChI is InChI=1S/C14H23N5S2/c1-5-19(8-6-7-18(3)4)14-11(12(15)17-21-14)13-16-10(2)9-20-13/h9H,5-8H2,1-4H3,(H2,15,17). The van der Waals surface area contributed by atoms with Gasteiger partial charge in [-0.3, -0.25) is 0 Å². The molecule has 21 heavy (non-hydrogen) atoms. The van der Waals surface area contributed by atoms with Crippen LogP contribution >= 0.6 is 22.9 Å². The van der Waals surface area contributed by atoms with Crippen molar-refractivity contribution in [2.24, 2.45) is 0 Å². The van der Waals surface area contributed by atoms with Crippen LogP contribution in [0.5, 0.6) is 0 Å². The molecule has 116 valence electrons. The van der Waals surface area contributed by atoms with Gasteiger partial charge in [-0.15, -0.1) is 11.3 Å². The molecule has 2 N–H and O–H groups in total.